The molecule has 1 saturated heterocycles. The van der Waals surface area contributed by atoms with Gasteiger partial charge in [0.2, 0.25) is 5.89 Å². The van der Waals surface area contributed by atoms with E-state index in [9.17, 15) is 0 Å². The van der Waals surface area contributed by atoms with Crippen molar-refractivity contribution in [3.63, 3.8) is 0 Å². The lowest BCUT2D eigenvalue weighted by Gasteiger charge is -2.04. The predicted octanol–water partition coefficient (Wildman–Crippen LogP) is 1.64. The van der Waals surface area contributed by atoms with Crippen molar-refractivity contribution in [2.24, 2.45) is 0 Å². The maximum Gasteiger partial charge on any atom is 0.243 e. The van der Waals surface area contributed by atoms with Crippen molar-refractivity contribution in [2.45, 2.75) is 24.5 Å². The van der Waals surface area contributed by atoms with Gasteiger partial charge in [-0.3, -0.25) is 0 Å². The first kappa shape index (κ1) is 12.8. The summed E-state index contributed by atoms with van der Waals surface area (Å²) in [6.45, 7) is 1.38. The number of ether oxygens (including phenoxy) is 2. The van der Waals surface area contributed by atoms with Gasteiger partial charge in [-0.25, -0.2) is 0 Å². The Labute approximate surface area is 122 Å². The Morgan fingerprint density at radius 3 is 3.10 bits per heavy atom. The van der Waals surface area contributed by atoms with E-state index in [1.807, 2.05) is 18.2 Å². The van der Waals surface area contributed by atoms with Crippen LogP contribution in [0.2, 0.25) is 0 Å². The molecule has 4 rings (SSSR count). The zero-order chi connectivity index (χ0) is 14.2. The summed E-state index contributed by atoms with van der Waals surface area (Å²) in [5.74, 6) is 2.29. The van der Waals surface area contributed by atoms with Crippen LogP contribution in [-0.2, 0) is 4.74 Å². The van der Waals surface area contributed by atoms with Crippen LogP contribution in [0.15, 0.2) is 28.8 Å². The molecule has 1 N–H and O–H groups in total. The van der Waals surface area contributed by atoms with Crippen LogP contribution in [0.25, 0.3) is 0 Å². The van der Waals surface area contributed by atoms with Gasteiger partial charge < -0.3 is 19.3 Å². The molecule has 2 aliphatic heterocycles. The summed E-state index contributed by atoms with van der Waals surface area (Å²) in [4.78, 5) is 4.57. The molecule has 110 valence electrons. The minimum Gasteiger partial charge on any atom is -0.492 e. The van der Waals surface area contributed by atoms with E-state index in [0.29, 0.717) is 18.3 Å². The van der Waals surface area contributed by atoms with Crippen molar-refractivity contribution in [3.05, 3.63) is 41.5 Å². The Morgan fingerprint density at radius 2 is 2.24 bits per heavy atom. The van der Waals surface area contributed by atoms with E-state index < -0.39 is 0 Å². The van der Waals surface area contributed by atoms with E-state index >= 15 is 0 Å². The molecule has 1 fully saturated rings. The molecule has 1 aromatic heterocycles. The van der Waals surface area contributed by atoms with Gasteiger partial charge in [-0.05, 0) is 12.5 Å². The SMILES string of the molecule is COC1CNC(c2nc(C3COc4ccccc43)no2)C1. The number of nitrogens with zero attached hydrogens (tertiary/aromatic N) is 2. The lowest BCUT2D eigenvalue weighted by atomic mass is 10.0. The van der Waals surface area contributed by atoms with E-state index in [4.69, 9.17) is 14.0 Å². The number of hydrogen-bond acceptors (Lipinski definition) is 6. The van der Waals surface area contributed by atoms with Crippen LogP contribution in [0, 0.1) is 0 Å². The quantitative estimate of drug-likeness (QED) is 0.925. The number of aromatic nitrogens is 2. The highest BCUT2D eigenvalue weighted by molar-refractivity contribution is 5.42. The average molecular weight is 287 g/mol. The second-order valence-electron chi connectivity index (χ2n) is 5.45. The summed E-state index contributed by atoms with van der Waals surface area (Å²) in [6, 6.07) is 8.07. The lowest BCUT2D eigenvalue weighted by molar-refractivity contribution is 0.116. The molecule has 3 unspecified atom stereocenters. The highest BCUT2D eigenvalue weighted by atomic mass is 16.5. The third-order valence-corrected chi connectivity index (χ3v) is 4.19. The second-order valence-corrected chi connectivity index (χ2v) is 5.45. The minimum absolute atomic E-state index is 0.0540. The van der Waals surface area contributed by atoms with Gasteiger partial charge in [0.25, 0.3) is 0 Å². The first-order valence-corrected chi connectivity index (χ1v) is 7.16. The average Bonchev–Trinajstić information content (AvgIpc) is 3.24. The van der Waals surface area contributed by atoms with Gasteiger partial charge in [0.05, 0.1) is 18.1 Å². The molecule has 3 heterocycles. The Morgan fingerprint density at radius 1 is 1.33 bits per heavy atom. The summed E-state index contributed by atoms with van der Waals surface area (Å²) >= 11 is 0. The van der Waals surface area contributed by atoms with Crippen molar-refractivity contribution in [1.29, 1.82) is 0 Å². The summed E-state index contributed by atoms with van der Waals surface area (Å²) in [6.07, 6.45) is 1.07. The summed E-state index contributed by atoms with van der Waals surface area (Å²) in [5.41, 5.74) is 1.12. The van der Waals surface area contributed by atoms with E-state index in [-0.39, 0.29) is 18.1 Å². The number of rotatable bonds is 3. The molecule has 6 nitrogen and oxygen atoms in total. The fourth-order valence-electron chi connectivity index (χ4n) is 2.98. The normalized spacial score (nSPS) is 27.6. The van der Waals surface area contributed by atoms with Crippen molar-refractivity contribution in [1.82, 2.24) is 15.5 Å². The molecule has 3 atom stereocenters. The molecule has 2 aliphatic rings. The maximum atomic E-state index is 5.68. The van der Waals surface area contributed by atoms with Crippen LogP contribution < -0.4 is 10.1 Å². The largest absolute Gasteiger partial charge is 0.492 e. The molecule has 0 saturated carbocycles. The fourth-order valence-corrected chi connectivity index (χ4v) is 2.98. The number of fused-ring (bicyclic) bond motifs is 1. The number of benzene rings is 1. The smallest absolute Gasteiger partial charge is 0.243 e. The van der Waals surface area contributed by atoms with Gasteiger partial charge in [0, 0.05) is 19.2 Å². The van der Waals surface area contributed by atoms with E-state index in [1.165, 1.54) is 0 Å². The molecule has 0 spiro atoms. The van der Waals surface area contributed by atoms with Crippen molar-refractivity contribution < 1.29 is 14.0 Å². The summed E-state index contributed by atoms with van der Waals surface area (Å²) in [7, 11) is 1.72. The Balaban J connectivity index is 1.56. The molecule has 6 heteroatoms. The van der Waals surface area contributed by atoms with Crippen LogP contribution >= 0.6 is 0 Å². The number of para-hydroxylation sites is 1. The van der Waals surface area contributed by atoms with Gasteiger partial charge in [-0.15, -0.1) is 0 Å². The van der Waals surface area contributed by atoms with Crippen LogP contribution in [0.5, 0.6) is 5.75 Å². The molecule has 0 amide bonds. The monoisotopic (exact) mass is 287 g/mol. The minimum atomic E-state index is 0.0540. The van der Waals surface area contributed by atoms with Gasteiger partial charge in [0.15, 0.2) is 5.82 Å². The molecule has 2 aromatic rings. The standard InChI is InChI=1S/C15H17N3O3/c1-19-9-6-12(16-7-9)15-17-14(18-21-15)11-8-20-13-5-3-2-4-10(11)13/h2-5,9,11-12,16H,6-8H2,1H3. The van der Waals surface area contributed by atoms with Crippen LogP contribution in [0.1, 0.15) is 35.7 Å². The Hall–Kier alpha value is -1.92. The second kappa shape index (κ2) is 5.13. The molecule has 0 aliphatic carbocycles. The topological polar surface area (TPSA) is 69.4 Å². The van der Waals surface area contributed by atoms with Gasteiger partial charge in [-0.2, -0.15) is 4.98 Å². The molecule has 0 radical (unpaired) electrons. The fraction of sp³-hybridized carbons (Fsp3) is 0.467. The number of hydrogen-bond donors (Lipinski definition) is 1. The first-order valence-electron chi connectivity index (χ1n) is 7.16. The van der Waals surface area contributed by atoms with E-state index in [1.54, 1.807) is 7.11 Å². The van der Waals surface area contributed by atoms with Crippen molar-refractivity contribution in [3.8, 4) is 5.75 Å². The zero-order valence-electron chi connectivity index (χ0n) is 11.8. The van der Waals surface area contributed by atoms with E-state index in [0.717, 1.165) is 24.3 Å². The van der Waals surface area contributed by atoms with Crippen molar-refractivity contribution >= 4 is 0 Å². The molecule has 0 bridgehead atoms. The van der Waals surface area contributed by atoms with Gasteiger partial charge >= 0.3 is 0 Å². The van der Waals surface area contributed by atoms with Crippen LogP contribution in [0.3, 0.4) is 0 Å². The maximum absolute atomic E-state index is 5.68. The molecule has 21 heavy (non-hydrogen) atoms. The Bertz CT molecular complexity index is 643. The molecular weight excluding hydrogens is 270 g/mol. The predicted molar refractivity (Wildman–Crippen MR) is 74.2 cm³/mol. The lowest BCUT2D eigenvalue weighted by Crippen LogP contribution is -2.16. The highest BCUT2D eigenvalue weighted by Gasteiger charge is 2.33. The van der Waals surface area contributed by atoms with E-state index in [2.05, 4.69) is 21.5 Å². The van der Waals surface area contributed by atoms with Crippen LogP contribution in [0.4, 0.5) is 0 Å². The molecule has 1 aromatic carbocycles. The third kappa shape index (κ3) is 2.20. The number of nitrogens with one attached hydrogen (secondary N) is 1. The highest BCUT2D eigenvalue weighted by Crippen LogP contribution is 2.37. The summed E-state index contributed by atoms with van der Waals surface area (Å²) in [5, 5.41) is 7.49. The van der Waals surface area contributed by atoms with Crippen LogP contribution in [-0.4, -0.2) is 36.5 Å². The van der Waals surface area contributed by atoms with Gasteiger partial charge in [0.1, 0.15) is 12.4 Å². The molecular formula is C15H17N3O3. The van der Waals surface area contributed by atoms with Gasteiger partial charge in [-0.1, -0.05) is 23.4 Å². The Kier molecular flexibility index (Phi) is 3.12. The zero-order valence-corrected chi connectivity index (χ0v) is 11.8. The van der Waals surface area contributed by atoms with Crippen molar-refractivity contribution in [2.75, 3.05) is 20.3 Å². The summed E-state index contributed by atoms with van der Waals surface area (Å²) < 4.78 is 16.5. The first-order chi connectivity index (χ1) is 10.3. The third-order valence-electron chi connectivity index (χ3n) is 4.19. The number of methoxy groups -OCH3 is 1.